The van der Waals surface area contributed by atoms with Crippen LogP contribution < -0.4 is 18.9 Å². The summed E-state index contributed by atoms with van der Waals surface area (Å²) in [5.41, 5.74) is 4.86. The lowest BCUT2D eigenvalue weighted by atomic mass is 9.76. The maximum Gasteiger partial charge on any atom is 0.343 e. The van der Waals surface area contributed by atoms with E-state index in [2.05, 4.69) is 26.0 Å². The molecule has 1 saturated carbocycles. The van der Waals surface area contributed by atoms with Crippen molar-refractivity contribution in [2.75, 3.05) is 13.7 Å². The summed E-state index contributed by atoms with van der Waals surface area (Å²) in [6.45, 7) is 6.15. The lowest BCUT2D eigenvalue weighted by Gasteiger charge is -2.42. The van der Waals surface area contributed by atoms with Crippen molar-refractivity contribution in [3.05, 3.63) is 238 Å². The van der Waals surface area contributed by atoms with Gasteiger partial charge in [-0.05, 0) is 150 Å². The Balaban J connectivity index is 0.820. The fraction of sp³-hybridized carbons (Fsp3) is 0.197. The molecule has 0 saturated heterocycles. The van der Waals surface area contributed by atoms with Crippen LogP contribution in [0.2, 0.25) is 0 Å². The average Bonchev–Trinajstić information content (AvgIpc) is 4.10. The number of rotatable bonds is 14. The van der Waals surface area contributed by atoms with Gasteiger partial charge in [0.15, 0.2) is 5.78 Å². The number of benzene rings is 7. The predicted molar refractivity (Wildman–Crippen MR) is 268 cm³/mol. The predicted octanol–water partition coefficient (Wildman–Crippen LogP) is 11.8. The summed E-state index contributed by atoms with van der Waals surface area (Å²) < 4.78 is 22.8. The van der Waals surface area contributed by atoms with Gasteiger partial charge in [0.25, 0.3) is 5.91 Å². The van der Waals surface area contributed by atoms with Gasteiger partial charge in [0.1, 0.15) is 28.5 Å². The molecule has 4 atom stereocenters. The van der Waals surface area contributed by atoms with Crippen LogP contribution in [0.15, 0.2) is 182 Å². The van der Waals surface area contributed by atoms with E-state index < -0.39 is 28.9 Å². The van der Waals surface area contributed by atoms with Gasteiger partial charge >= 0.3 is 17.9 Å². The molecule has 0 radical (unpaired) electrons. The van der Waals surface area contributed by atoms with E-state index in [0.717, 1.165) is 40.7 Å². The molecule has 1 heterocycles. The minimum Gasteiger partial charge on any atom is -0.497 e. The third-order valence-electron chi connectivity index (χ3n) is 14.4. The van der Waals surface area contributed by atoms with Crippen LogP contribution in [-0.4, -0.2) is 48.2 Å². The second-order valence-electron chi connectivity index (χ2n) is 19.0. The minimum atomic E-state index is -0.959. The highest BCUT2D eigenvalue weighted by Gasteiger charge is 2.53. The van der Waals surface area contributed by atoms with Crippen LogP contribution in [0.5, 0.6) is 23.0 Å². The summed E-state index contributed by atoms with van der Waals surface area (Å²) >= 11 is 0. The van der Waals surface area contributed by atoms with E-state index in [9.17, 15) is 24.0 Å². The first kappa shape index (κ1) is 46.4. The molecule has 10 rings (SSSR count). The van der Waals surface area contributed by atoms with Gasteiger partial charge < -0.3 is 23.8 Å². The van der Waals surface area contributed by atoms with Gasteiger partial charge in [-0.2, -0.15) is 0 Å². The zero-order valence-electron chi connectivity index (χ0n) is 39.8. The molecule has 354 valence electrons. The zero-order valence-corrected chi connectivity index (χ0v) is 39.8. The zero-order chi connectivity index (χ0) is 49.4. The van der Waals surface area contributed by atoms with Gasteiger partial charge in [-0.15, -0.1) is 0 Å². The molecule has 0 aromatic heterocycles. The average molecular weight is 942 g/mol. The van der Waals surface area contributed by atoms with E-state index >= 15 is 0 Å². The number of Topliss-reactive ketones (excluding diaryl/α,β-unsaturated/α-hetero) is 1. The second kappa shape index (κ2) is 18.8. The molecule has 1 aliphatic heterocycles. The number of allylic oxidation sites excluding steroid dienone is 2. The number of ether oxygens (including phenoxy) is 4. The summed E-state index contributed by atoms with van der Waals surface area (Å²) in [5, 5.41) is 0. The van der Waals surface area contributed by atoms with Gasteiger partial charge in [-0.1, -0.05) is 111 Å². The van der Waals surface area contributed by atoms with Crippen LogP contribution in [0.25, 0.3) is 0 Å². The number of carbonyl (C=O) groups is 5. The van der Waals surface area contributed by atoms with Crippen molar-refractivity contribution in [1.29, 1.82) is 0 Å². The third kappa shape index (κ3) is 8.82. The molecule has 10 heteroatoms. The Labute approximate surface area is 412 Å². The molecule has 1 amide bonds. The quantitative estimate of drug-likeness (QED) is 0.0453. The fourth-order valence-electron chi connectivity index (χ4n) is 10.6. The van der Waals surface area contributed by atoms with Crippen molar-refractivity contribution in [1.82, 2.24) is 4.90 Å². The molecule has 1 fully saturated rings. The van der Waals surface area contributed by atoms with Crippen LogP contribution in [-0.2, 0) is 11.0 Å². The van der Waals surface area contributed by atoms with E-state index in [4.69, 9.17) is 18.9 Å². The molecular formula is C61H51NO9. The minimum absolute atomic E-state index is 0.0175. The first-order valence-electron chi connectivity index (χ1n) is 23.8. The monoisotopic (exact) mass is 941 g/mol. The van der Waals surface area contributed by atoms with E-state index in [1.807, 2.05) is 89.8 Å². The molecule has 7 aromatic carbocycles. The molecule has 0 N–H and O–H groups in total. The Morgan fingerprint density at radius 1 is 0.563 bits per heavy atom. The van der Waals surface area contributed by atoms with Gasteiger partial charge in [-0.3, -0.25) is 9.59 Å². The lowest BCUT2D eigenvalue weighted by molar-refractivity contribution is 0.0621. The first-order valence-corrected chi connectivity index (χ1v) is 23.8. The molecule has 7 aromatic rings. The standard InChI is InChI=1S/C61H51NO9/c1-38(63)40-9-7-10-42(35-40)57(65)69-51-27-17-46(18-28-51)60(2,3)47-19-29-52(30-20-47)70-58(66)43-11-8-12-44(36-43)59(67)71-53-31-23-49(24-32-53)61(48-21-25-50(68-4)26-22-48)55-14-6-5-13-54(55)56(64)62(61)37-45-34-39-15-16-41(45)33-39/h5-32,35-36,39,41,45H,33-34,37H2,1-4H3. The Morgan fingerprint density at radius 3 is 1.49 bits per heavy atom. The highest BCUT2D eigenvalue weighted by Crippen LogP contribution is 2.52. The van der Waals surface area contributed by atoms with Crippen molar-refractivity contribution < 1.29 is 42.9 Å². The van der Waals surface area contributed by atoms with Crippen molar-refractivity contribution in [2.24, 2.45) is 17.8 Å². The van der Waals surface area contributed by atoms with Crippen molar-refractivity contribution in [3.8, 4) is 23.0 Å². The van der Waals surface area contributed by atoms with Crippen LogP contribution in [0, 0.1) is 17.8 Å². The van der Waals surface area contributed by atoms with Gasteiger partial charge in [0, 0.05) is 23.1 Å². The van der Waals surface area contributed by atoms with Crippen molar-refractivity contribution in [2.45, 2.75) is 44.6 Å². The molecule has 3 aliphatic rings. The summed E-state index contributed by atoms with van der Waals surface area (Å²) in [6, 6.07) is 50.1. The highest BCUT2D eigenvalue weighted by molar-refractivity contribution is 6.02. The molecule has 71 heavy (non-hydrogen) atoms. The number of esters is 3. The smallest absolute Gasteiger partial charge is 0.343 e. The van der Waals surface area contributed by atoms with Gasteiger partial charge in [-0.25, -0.2) is 14.4 Å². The van der Waals surface area contributed by atoms with Crippen molar-refractivity contribution in [3.63, 3.8) is 0 Å². The summed E-state index contributed by atoms with van der Waals surface area (Å²) in [6.07, 6.45) is 6.80. The van der Waals surface area contributed by atoms with Crippen LogP contribution in [0.3, 0.4) is 0 Å². The van der Waals surface area contributed by atoms with Crippen LogP contribution in [0.4, 0.5) is 0 Å². The number of hydrogen-bond donors (Lipinski definition) is 0. The summed E-state index contributed by atoms with van der Waals surface area (Å²) in [5.74, 6) is 1.00. The molecule has 2 aliphatic carbocycles. The number of methoxy groups -OCH3 is 1. The molecule has 0 spiro atoms. The van der Waals surface area contributed by atoms with Crippen molar-refractivity contribution >= 4 is 29.6 Å². The van der Waals surface area contributed by atoms with Crippen LogP contribution in [0.1, 0.15) is 113 Å². The maximum atomic E-state index is 14.6. The molecule has 2 bridgehead atoms. The van der Waals surface area contributed by atoms with Crippen LogP contribution >= 0.6 is 0 Å². The SMILES string of the molecule is COc1ccc(C2(c3ccc(OC(=O)c4cccc(C(=O)Oc5ccc(C(C)(C)c6ccc(OC(=O)c7cccc(C(C)=O)c7)cc6)cc5)c4)cc3)c3ccccc3C(=O)N2CC2CC3C=CC2C3)cc1. The van der Waals surface area contributed by atoms with E-state index in [1.54, 1.807) is 79.9 Å². The Hall–Kier alpha value is -8.37. The van der Waals surface area contributed by atoms with E-state index in [1.165, 1.54) is 19.1 Å². The van der Waals surface area contributed by atoms with E-state index in [-0.39, 0.29) is 28.4 Å². The Kier molecular flexibility index (Phi) is 12.3. The third-order valence-corrected chi connectivity index (χ3v) is 14.4. The first-order chi connectivity index (χ1) is 34.3. The molecule has 10 nitrogen and oxygen atoms in total. The highest BCUT2D eigenvalue weighted by atomic mass is 16.5. The van der Waals surface area contributed by atoms with E-state index in [0.29, 0.717) is 58.4 Å². The number of ketones is 1. The number of carbonyl (C=O) groups excluding carboxylic acids is 5. The van der Waals surface area contributed by atoms with Gasteiger partial charge in [0.2, 0.25) is 0 Å². The maximum absolute atomic E-state index is 14.6. The number of hydrogen-bond acceptors (Lipinski definition) is 9. The normalized spacial score (nSPS) is 18.7. The fourth-order valence-corrected chi connectivity index (χ4v) is 10.6. The Morgan fingerprint density at radius 2 is 1.03 bits per heavy atom. The number of amides is 1. The summed E-state index contributed by atoms with van der Waals surface area (Å²) in [7, 11) is 1.63. The second-order valence-corrected chi connectivity index (χ2v) is 19.0. The lowest BCUT2D eigenvalue weighted by Crippen LogP contribution is -2.48. The Bertz CT molecular complexity index is 3230. The number of fused-ring (bicyclic) bond motifs is 3. The molecule has 4 unspecified atom stereocenters. The summed E-state index contributed by atoms with van der Waals surface area (Å²) in [4.78, 5) is 68.3. The largest absolute Gasteiger partial charge is 0.497 e. The topological polar surface area (TPSA) is 126 Å². The molecular weight excluding hydrogens is 891 g/mol. The van der Waals surface area contributed by atoms with Gasteiger partial charge in [0.05, 0.1) is 23.8 Å². The number of nitrogens with zero attached hydrogens (tertiary/aromatic N) is 1.